The molecule has 6 heteroatoms. The molecule has 96 valence electrons. The lowest BCUT2D eigenvalue weighted by atomic mass is 10.1. The molecule has 0 aliphatic heterocycles. The summed E-state index contributed by atoms with van der Waals surface area (Å²) >= 11 is 1.44. The van der Waals surface area contributed by atoms with Crippen molar-refractivity contribution in [2.24, 2.45) is 0 Å². The standard InChI is InChI=1S/C13H13N5S/c1-7-3-4-10(17-8(7)2)12-11(18-13(14)19-12)9-5-15-16-6-9/h3-6H,1-2H3,(H2,14,18)(H,15,16). The van der Waals surface area contributed by atoms with Gasteiger partial charge in [-0.05, 0) is 25.5 Å². The molecule has 0 aromatic carbocycles. The monoisotopic (exact) mass is 271 g/mol. The summed E-state index contributed by atoms with van der Waals surface area (Å²) in [5.41, 5.74) is 10.7. The predicted molar refractivity (Wildman–Crippen MR) is 76.8 cm³/mol. The average Bonchev–Trinajstić information content (AvgIpc) is 3.01. The topological polar surface area (TPSA) is 80.5 Å². The van der Waals surface area contributed by atoms with Gasteiger partial charge in [0, 0.05) is 17.5 Å². The summed E-state index contributed by atoms with van der Waals surface area (Å²) in [7, 11) is 0. The van der Waals surface area contributed by atoms with Crippen molar-refractivity contribution in [3.63, 3.8) is 0 Å². The molecule has 5 nitrogen and oxygen atoms in total. The Bertz CT molecular complexity index is 715. The quantitative estimate of drug-likeness (QED) is 0.751. The lowest BCUT2D eigenvalue weighted by Crippen LogP contribution is -1.90. The van der Waals surface area contributed by atoms with E-state index in [2.05, 4.69) is 26.2 Å². The van der Waals surface area contributed by atoms with Gasteiger partial charge < -0.3 is 5.73 Å². The summed E-state index contributed by atoms with van der Waals surface area (Å²) < 4.78 is 0. The molecule has 0 amide bonds. The molecule has 3 rings (SSSR count). The highest BCUT2D eigenvalue weighted by molar-refractivity contribution is 7.19. The zero-order chi connectivity index (χ0) is 13.4. The van der Waals surface area contributed by atoms with E-state index in [1.54, 1.807) is 12.4 Å². The summed E-state index contributed by atoms with van der Waals surface area (Å²) in [6, 6.07) is 4.06. The maximum absolute atomic E-state index is 5.84. The van der Waals surface area contributed by atoms with E-state index in [0.717, 1.165) is 27.5 Å². The molecule has 0 aliphatic rings. The molecule has 0 saturated heterocycles. The normalized spacial score (nSPS) is 10.8. The van der Waals surface area contributed by atoms with E-state index in [-0.39, 0.29) is 0 Å². The highest BCUT2D eigenvalue weighted by Crippen LogP contribution is 2.36. The summed E-state index contributed by atoms with van der Waals surface area (Å²) in [5, 5.41) is 7.28. The third kappa shape index (κ3) is 2.10. The molecule has 3 aromatic heterocycles. The van der Waals surface area contributed by atoms with E-state index >= 15 is 0 Å². The maximum Gasteiger partial charge on any atom is 0.181 e. The molecule has 0 aliphatic carbocycles. The van der Waals surface area contributed by atoms with Gasteiger partial charge in [-0.2, -0.15) is 5.10 Å². The summed E-state index contributed by atoms with van der Waals surface area (Å²) in [6.45, 7) is 4.05. The van der Waals surface area contributed by atoms with Crippen LogP contribution in [0.15, 0.2) is 24.5 Å². The van der Waals surface area contributed by atoms with Gasteiger partial charge in [-0.15, -0.1) is 0 Å². The van der Waals surface area contributed by atoms with Gasteiger partial charge in [-0.3, -0.25) is 10.1 Å². The summed E-state index contributed by atoms with van der Waals surface area (Å²) in [4.78, 5) is 9.96. The average molecular weight is 271 g/mol. The van der Waals surface area contributed by atoms with Gasteiger partial charge in [-0.1, -0.05) is 17.4 Å². The van der Waals surface area contributed by atoms with Crippen LogP contribution in [0.5, 0.6) is 0 Å². The Kier molecular flexibility index (Phi) is 2.79. The van der Waals surface area contributed by atoms with E-state index in [1.807, 2.05) is 19.9 Å². The fraction of sp³-hybridized carbons (Fsp3) is 0.154. The van der Waals surface area contributed by atoms with Gasteiger partial charge in [0.2, 0.25) is 0 Å². The Hall–Kier alpha value is -2.21. The molecular formula is C13H13N5S. The second-order valence-electron chi connectivity index (χ2n) is 4.32. The van der Waals surface area contributed by atoms with Crippen LogP contribution in [0.1, 0.15) is 11.3 Å². The van der Waals surface area contributed by atoms with Crippen LogP contribution in [-0.2, 0) is 0 Å². The second kappa shape index (κ2) is 4.47. The second-order valence-corrected chi connectivity index (χ2v) is 5.35. The van der Waals surface area contributed by atoms with Crippen LogP contribution in [0.4, 0.5) is 5.13 Å². The highest BCUT2D eigenvalue weighted by Gasteiger charge is 2.15. The third-order valence-electron chi connectivity index (χ3n) is 3.00. The van der Waals surface area contributed by atoms with Crippen molar-refractivity contribution in [3.8, 4) is 21.8 Å². The van der Waals surface area contributed by atoms with E-state index in [1.165, 1.54) is 16.9 Å². The number of rotatable bonds is 2. The first-order valence-corrected chi connectivity index (χ1v) is 6.67. The minimum absolute atomic E-state index is 0.534. The molecule has 0 radical (unpaired) electrons. The highest BCUT2D eigenvalue weighted by atomic mass is 32.1. The van der Waals surface area contributed by atoms with Crippen molar-refractivity contribution in [1.82, 2.24) is 20.2 Å². The van der Waals surface area contributed by atoms with Gasteiger partial charge in [0.1, 0.15) is 0 Å². The van der Waals surface area contributed by atoms with Crippen LogP contribution in [0, 0.1) is 13.8 Å². The maximum atomic E-state index is 5.84. The number of aryl methyl sites for hydroxylation is 2. The Morgan fingerprint density at radius 3 is 2.74 bits per heavy atom. The minimum atomic E-state index is 0.534. The minimum Gasteiger partial charge on any atom is -0.375 e. The van der Waals surface area contributed by atoms with Crippen LogP contribution in [0.2, 0.25) is 0 Å². The molecule has 0 fully saturated rings. The smallest absolute Gasteiger partial charge is 0.181 e. The number of hydrogen-bond donors (Lipinski definition) is 2. The van der Waals surface area contributed by atoms with Crippen LogP contribution < -0.4 is 5.73 Å². The number of nitrogens with one attached hydrogen (secondary N) is 1. The Morgan fingerprint density at radius 1 is 1.21 bits per heavy atom. The number of aromatic amines is 1. The SMILES string of the molecule is Cc1ccc(-c2sc(N)nc2-c2cn[nH]c2)nc1C. The molecule has 0 spiro atoms. The number of anilines is 1. The molecule has 3 heterocycles. The first-order valence-electron chi connectivity index (χ1n) is 5.85. The van der Waals surface area contributed by atoms with Gasteiger partial charge >= 0.3 is 0 Å². The van der Waals surface area contributed by atoms with Crippen molar-refractivity contribution >= 4 is 16.5 Å². The van der Waals surface area contributed by atoms with Crippen LogP contribution in [0.25, 0.3) is 21.8 Å². The van der Waals surface area contributed by atoms with E-state index in [9.17, 15) is 0 Å². The number of aromatic nitrogens is 4. The Balaban J connectivity index is 2.17. The fourth-order valence-electron chi connectivity index (χ4n) is 1.84. The molecule has 0 unspecified atom stereocenters. The Labute approximate surface area is 114 Å². The van der Waals surface area contributed by atoms with Gasteiger partial charge in [0.15, 0.2) is 5.13 Å². The van der Waals surface area contributed by atoms with Crippen LogP contribution in [0.3, 0.4) is 0 Å². The van der Waals surface area contributed by atoms with Gasteiger partial charge in [0.25, 0.3) is 0 Å². The zero-order valence-electron chi connectivity index (χ0n) is 10.6. The van der Waals surface area contributed by atoms with Crippen LogP contribution in [-0.4, -0.2) is 20.2 Å². The molecule has 3 aromatic rings. The van der Waals surface area contributed by atoms with Crippen LogP contribution >= 0.6 is 11.3 Å². The Morgan fingerprint density at radius 2 is 2.05 bits per heavy atom. The number of nitrogens with two attached hydrogens (primary N) is 1. The first kappa shape index (κ1) is 11.9. The van der Waals surface area contributed by atoms with Crippen molar-refractivity contribution in [2.75, 3.05) is 5.73 Å². The van der Waals surface area contributed by atoms with Crippen molar-refractivity contribution in [3.05, 3.63) is 35.8 Å². The van der Waals surface area contributed by atoms with Gasteiger partial charge in [0.05, 0.1) is 22.5 Å². The largest absolute Gasteiger partial charge is 0.375 e. The first-order chi connectivity index (χ1) is 9.15. The van der Waals surface area contributed by atoms with E-state index < -0.39 is 0 Å². The third-order valence-corrected chi connectivity index (χ3v) is 3.91. The van der Waals surface area contributed by atoms with E-state index in [0.29, 0.717) is 5.13 Å². The predicted octanol–water partition coefficient (Wildman–Crippen LogP) is 2.79. The molecule has 0 atom stereocenters. The van der Waals surface area contributed by atoms with E-state index in [4.69, 9.17) is 5.73 Å². The molecular weight excluding hydrogens is 258 g/mol. The van der Waals surface area contributed by atoms with Gasteiger partial charge in [-0.25, -0.2) is 4.98 Å². The van der Waals surface area contributed by atoms with Crippen molar-refractivity contribution < 1.29 is 0 Å². The number of H-pyrrole nitrogens is 1. The number of pyridine rings is 1. The van der Waals surface area contributed by atoms with Crippen molar-refractivity contribution in [1.29, 1.82) is 0 Å². The number of hydrogen-bond acceptors (Lipinski definition) is 5. The fourth-order valence-corrected chi connectivity index (χ4v) is 2.67. The zero-order valence-corrected chi connectivity index (χ0v) is 11.5. The number of thiazole rings is 1. The lowest BCUT2D eigenvalue weighted by molar-refractivity contribution is 1.09. The summed E-state index contributed by atoms with van der Waals surface area (Å²) in [6.07, 6.45) is 3.54. The summed E-state index contributed by atoms with van der Waals surface area (Å²) in [5.74, 6) is 0. The lowest BCUT2D eigenvalue weighted by Gasteiger charge is -2.03. The number of nitrogen functional groups attached to an aromatic ring is 1. The molecule has 3 N–H and O–H groups in total. The molecule has 19 heavy (non-hydrogen) atoms. The number of nitrogens with zero attached hydrogens (tertiary/aromatic N) is 3. The molecule has 0 bridgehead atoms. The molecule has 0 saturated carbocycles. The van der Waals surface area contributed by atoms with Crippen molar-refractivity contribution in [2.45, 2.75) is 13.8 Å².